The van der Waals surface area contributed by atoms with Gasteiger partial charge < -0.3 is 10.3 Å². The zero-order valence-electron chi connectivity index (χ0n) is 9.72. The van der Waals surface area contributed by atoms with Gasteiger partial charge in [-0.2, -0.15) is 0 Å². The van der Waals surface area contributed by atoms with E-state index in [0.717, 1.165) is 13.0 Å². The topological polar surface area (TPSA) is 27.8 Å². The van der Waals surface area contributed by atoms with E-state index >= 15 is 0 Å². The summed E-state index contributed by atoms with van der Waals surface area (Å²) in [4.78, 5) is 3.59. The molecule has 0 bridgehead atoms. The molecule has 0 spiro atoms. The van der Waals surface area contributed by atoms with E-state index in [0.29, 0.717) is 6.04 Å². The molecule has 1 unspecified atom stereocenters. The van der Waals surface area contributed by atoms with Gasteiger partial charge in [0.15, 0.2) is 0 Å². The van der Waals surface area contributed by atoms with Gasteiger partial charge >= 0.3 is 0 Å². The van der Waals surface area contributed by atoms with Crippen LogP contribution >= 0.6 is 0 Å². The highest BCUT2D eigenvalue weighted by molar-refractivity contribution is 5.83. The summed E-state index contributed by atoms with van der Waals surface area (Å²) in [6.07, 6.45) is 3.64. The fourth-order valence-corrected chi connectivity index (χ4v) is 2.67. The second-order valence-corrected chi connectivity index (χ2v) is 4.61. The molecule has 1 aromatic heterocycles. The summed E-state index contributed by atoms with van der Waals surface area (Å²) in [5, 5.41) is 4.89. The van der Waals surface area contributed by atoms with Crippen molar-refractivity contribution in [1.82, 2.24) is 10.3 Å². The zero-order chi connectivity index (χ0) is 11.0. The Morgan fingerprint density at radius 3 is 3.06 bits per heavy atom. The van der Waals surface area contributed by atoms with Gasteiger partial charge in [-0.1, -0.05) is 25.1 Å². The lowest BCUT2D eigenvalue weighted by atomic mass is 10.1. The van der Waals surface area contributed by atoms with Crippen LogP contribution < -0.4 is 5.32 Å². The van der Waals surface area contributed by atoms with Crippen LogP contribution in [0.5, 0.6) is 0 Å². The van der Waals surface area contributed by atoms with Crippen molar-refractivity contribution in [1.29, 1.82) is 0 Å². The number of hydrogen-bond acceptors (Lipinski definition) is 1. The van der Waals surface area contributed by atoms with Gasteiger partial charge in [0.2, 0.25) is 0 Å². The van der Waals surface area contributed by atoms with Gasteiger partial charge in [0, 0.05) is 17.3 Å². The molecule has 1 fully saturated rings. The molecular weight excluding hydrogens is 196 g/mol. The first kappa shape index (κ1) is 9.91. The van der Waals surface area contributed by atoms with Crippen molar-refractivity contribution < 1.29 is 0 Å². The van der Waals surface area contributed by atoms with E-state index < -0.39 is 0 Å². The van der Waals surface area contributed by atoms with Crippen molar-refractivity contribution in [3.8, 4) is 0 Å². The summed E-state index contributed by atoms with van der Waals surface area (Å²) in [7, 11) is 0. The SMILES string of the molecule is CCc1cccc2cc(C3CCCN3)[nH]c12. The molecule has 1 saturated heterocycles. The number of nitrogens with one attached hydrogen (secondary N) is 2. The normalized spacial score (nSPS) is 20.7. The van der Waals surface area contributed by atoms with Crippen LogP contribution in [0.1, 0.15) is 37.1 Å². The van der Waals surface area contributed by atoms with Gasteiger partial charge in [0.1, 0.15) is 0 Å². The van der Waals surface area contributed by atoms with Crippen molar-refractivity contribution in [2.45, 2.75) is 32.2 Å². The van der Waals surface area contributed by atoms with Crippen molar-refractivity contribution in [2.24, 2.45) is 0 Å². The fourth-order valence-electron chi connectivity index (χ4n) is 2.67. The molecule has 2 heterocycles. The molecule has 1 aromatic carbocycles. The van der Waals surface area contributed by atoms with Crippen LogP contribution in [-0.2, 0) is 6.42 Å². The Hall–Kier alpha value is -1.28. The largest absolute Gasteiger partial charge is 0.357 e. The first-order chi connectivity index (χ1) is 7.88. The van der Waals surface area contributed by atoms with Gasteiger partial charge in [-0.05, 0) is 42.8 Å². The summed E-state index contributed by atoms with van der Waals surface area (Å²) in [6.45, 7) is 3.36. The van der Waals surface area contributed by atoms with Crippen LogP contribution in [0, 0.1) is 0 Å². The monoisotopic (exact) mass is 214 g/mol. The summed E-state index contributed by atoms with van der Waals surface area (Å²) < 4.78 is 0. The van der Waals surface area contributed by atoms with Crippen LogP contribution in [0.4, 0.5) is 0 Å². The third kappa shape index (κ3) is 1.54. The highest BCUT2D eigenvalue weighted by Crippen LogP contribution is 2.27. The number of H-pyrrole nitrogens is 1. The lowest BCUT2D eigenvalue weighted by molar-refractivity contribution is 0.633. The van der Waals surface area contributed by atoms with Gasteiger partial charge in [-0.3, -0.25) is 0 Å². The molecule has 0 amide bonds. The minimum atomic E-state index is 0.539. The smallest absolute Gasteiger partial charge is 0.0488 e. The summed E-state index contributed by atoms with van der Waals surface area (Å²) in [6, 6.07) is 9.41. The Bertz CT molecular complexity index is 492. The summed E-state index contributed by atoms with van der Waals surface area (Å²) in [5.41, 5.74) is 4.10. The van der Waals surface area contributed by atoms with Crippen molar-refractivity contribution in [3.05, 3.63) is 35.5 Å². The average molecular weight is 214 g/mol. The second-order valence-electron chi connectivity index (χ2n) is 4.61. The summed E-state index contributed by atoms with van der Waals surface area (Å²) >= 11 is 0. The highest BCUT2D eigenvalue weighted by Gasteiger charge is 2.18. The maximum atomic E-state index is 3.59. The molecule has 0 radical (unpaired) electrons. The number of aromatic nitrogens is 1. The number of aromatic amines is 1. The van der Waals surface area contributed by atoms with E-state index in [1.54, 1.807) is 0 Å². The third-order valence-corrected chi connectivity index (χ3v) is 3.58. The van der Waals surface area contributed by atoms with Gasteiger partial charge in [0.05, 0.1) is 0 Å². The molecule has 0 saturated carbocycles. The van der Waals surface area contributed by atoms with Gasteiger partial charge in [0.25, 0.3) is 0 Å². The minimum Gasteiger partial charge on any atom is -0.357 e. The van der Waals surface area contributed by atoms with Crippen LogP contribution in [0.15, 0.2) is 24.3 Å². The van der Waals surface area contributed by atoms with Gasteiger partial charge in [-0.25, -0.2) is 0 Å². The van der Waals surface area contributed by atoms with Crippen LogP contribution in [0.3, 0.4) is 0 Å². The molecule has 1 aliphatic heterocycles. The minimum absolute atomic E-state index is 0.539. The Kier molecular flexibility index (Phi) is 2.44. The Morgan fingerprint density at radius 2 is 2.31 bits per heavy atom. The van der Waals surface area contributed by atoms with Crippen molar-refractivity contribution in [2.75, 3.05) is 6.54 Å². The van der Waals surface area contributed by atoms with Crippen molar-refractivity contribution in [3.63, 3.8) is 0 Å². The molecule has 2 nitrogen and oxygen atoms in total. The van der Waals surface area contributed by atoms with Gasteiger partial charge in [-0.15, -0.1) is 0 Å². The van der Waals surface area contributed by atoms with Crippen LogP contribution in [0.2, 0.25) is 0 Å². The molecule has 0 aliphatic carbocycles. The molecule has 2 N–H and O–H groups in total. The Morgan fingerprint density at radius 1 is 1.38 bits per heavy atom. The van der Waals surface area contributed by atoms with E-state index in [1.807, 2.05) is 0 Å². The Labute approximate surface area is 96.1 Å². The van der Waals surface area contributed by atoms with Crippen LogP contribution in [0.25, 0.3) is 10.9 Å². The number of hydrogen-bond donors (Lipinski definition) is 2. The number of rotatable bonds is 2. The van der Waals surface area contributed by atoms with Crippen molar-refractivity contribution >= 4 is 10.9 Å². The molecule has 3 rings (SSSR count). The lowest BCUT2D eigenvalue weighted by Crippen LogP contribution is -2.12. The first-order valence-corrected chi connectivity index (χ1v) is 6.22. The maximum absolute atomic E-state index is 3.59. The number of para-hydroxylation sites is 1. The predicted molar refractivity (Wildman–Crippen MR) is 67.7 cm³/mol. The molecule has 2 aromatic rings. The van der Waals surface area contributed by atoms with Crippen LogP contribution in [-0.4, -0.2) is 11.5 Å². The first-order valence-electron chi connectivity index (χ1n) is 6.22. The molecule has 16 heavy (non-hydrogen) atoms. The van der Waals surface area contributed by atoms with E-state index in [4.69, 9.17) is 0 Å². The molecule has 1 aliphatic rings. The van der Waals surface area contributed by atoms with E-state index in [2.05, 4.69) is 41.5 Å². The quantitative estimate of drug-likeness (QED) is 0.789. The number of aryl methyl sites for hydroxylation is 1. The number of benzene rings is 1. The Balaban J connectivity index is 2.07. The molecular formula is C14H18N2. The van der Waals surface area contributed by atoms with E-state index in [1.165, 1.54) is 35.0 Å². The standard InChI is InChI=1S/C14H18N2/c1-2-10-5-3-6-11-9-13(16-14(10)11)12-7-4-8-15-12/h3,5-6,9,12,15-16H,2,4,7-8H2,1H3. The lowest BCUT2D eigenvalue weighted by Gasteiger charge is -2.06. The molecule has 1 atom stereocenters. The molecule has 2 heteroatoms. The fraction of sp³-hybridized carbons (Fsp3) is 0.429. The zero-order valence-corrected chi connectivity index (χ0v) is 9.72. The summed E-state index contributed by atoms with van der Waals surface area (Å²) in [5.74, 6) is 0. The highest BCUT2D eigenvalue weighted by atomic mass is 15.0. The van der Waals surface area contributed by atoms with E-state index in [-0.39, 0.29) is 0 Å². The third-order valence-electron chi connectivity index (χ3n) is 3.58. The second kappa shape index (κ2) is 3.95. The average Bonchev–Trinajstić information content (AvgIpc) is 2.96. The van der Waals surface area contributed by atoms with E-state index in [9.17, 15) is 0 Å². The molecule has 84 valence electrons. The number of fused-ring (bicyclic) bond motifs is 1. The maximum Gasteiger partial charge on any atom is 0.0488 e. The predicted octanol–water partition coefficient (Wildman–Crippen LogP) is 3.15.